The third-order valence-corrected chi connectivity index (χ3v) is 2.05. The lowest BCUT2D eigenvalue weighted by molar-refractivity contribution is -0.113. The molecule has 0 bridgehead atoms. The molecule has 0 aliphatic heterocycles. The number of allylic oxidation sites excluding steroid dienone is 2. The first kappa shape index (κ1) is 13.8. The Bertz CT molecular complexity index is 492. The highest BCUT2D eigenvalue weighted by molar-refractivity contribution is 6.03. The Morgan fingerprint density at radius 3 is 2.39 bits per heavy atom. The Morgan fingerprint density at radius 1 is 1.33 bits per heavy atom. The molecule has 0 atom stereocenters. The van der Waals surface area contributed by atoms with Gasteiger partial charge in [-0.25, -0.2) is 4.39 Å². The summed E-state index contributed by atoms with van der Waals surface area (Å²) < 4.78 is 17.8. The second kappa shape index (κ2) is 5.86. The van der Waals surface area contributed by atoms with Crippen molar-refractivity contribution in [2.24, 2.45) is 5.73 Å². The summed E-state index contributed by atoms with van der Waals surface area (Å²) >= 11 is 0. The van der Waals surface area contributed by atoms with Crippen LogP contribution in [0, 0.1) is 5.82 Å². The normalized spacial score (nSPS) is 11.5. The molecule has 0 aliphatic carbocycles. The molecule has 3 N–H and O–H groups in total. The summed E-state index contributed by atoms with van der Waals surface area (Å²) in [5, 5.41) is 2.52. The average molecular weight is 250 g/mol. The van der Waals surface area contributed by atoms with Crippen LogP contribution in [0.1, 0.15) is 13.8 Å². The molecule has 4 nitrogen and oxygen atoms in total. The molecule has 0 unspecified atom stereocenters. The maximum Gasteiger partial charge on any atom is 0.275 e. The molecule has 0 aromatic heterocycles. The fourth-order valence-electron chi connectivity index (χ4n) is 1.21. The van der Waals surface area contributed by atoms with Gasteiger partial charge in [-0.1, -0.05) is 6.58 Å². The number of anilines is 1. The van der Waals surface area contributed by atoms with Crippen molar-refractivity contribution >= 4 is 11.6 Å². The molecule has 0 saturated carbocycles. The van der Waals surface area contributed by atoms with E-state index in [4.69, 9.17) is 10.5 Å². The molecule has 5 heteroatoms. The molecule has 0 saturated heterocycles. The number of carbonyl (C=O) groups is 1. The molecule has 1 aromatic rings. The van der Waals surface area contributed by atoms with Crippen LogP contribution in [0.3, 0.4) is 0 Å². The number of hydrogen-bond donors (Lipinski definition) is 2. The quantitative estimate of drug-likeness (QED) is 0.637. The van der Waals surface area contributed by atoms with E-state index in [1.54, 1.807) is 13.8 Å². The summed E-state index contributed by atoms with van der Waals surface area (Å²) in [5.74, 6) is -0.189. The van der Waals surface area contributed by atoms with Crippen molar-refractivity contribution < 1.29 is 13.9 Å². The van der Waals surface area contributed by atoms with E-state index in [1.165, 1.54) is 24.3 Å². The maximum absolute atomic E-state index is 12.7. The van der Waals surface area contributed by atoms with Gasteiger partial charge >= 0.3 is 0 Å². The molecule has 1 rings (SSSR count). The van der Waals surface area contributed by atoms with Gasteiger partial charge in [0.25, 0.3) is 5.91 Å². The molecule has 0 aliphatic rings. The fraction of sp³-hybridized carbons (Fsp3) is 0.154. The Hall–Kier alpha value is -2.30. The highest BCUT2D eigenvalue weighted by atomic mass is 19.1. The largest absolute Gasteiger partial charge is 0.465 e. The Kier molecular flexibility index (Phi) is 4.48. The van der Waals surface area contributed by atoms with E-state index in [0.717, 1.165) is 0 Å². The highest BCUT2D eigenvalue weighted by Crippen LogP contribution is 2.11. The summed E-state index contributed by atoms with van der Waals surface area (Å²) in [6.45, 7) is 6.76. The van der Waals surface area contributed by atoms with Gasteiger partial charge in [0, 0.05) is 5.69 Å². The van der Waals surface area contributed by atoms with E-state index in [-0.39, 0.29) is 17.3 Å². The van der Waals surface area contributed by atoms with Crippen molar-refractivity contribution in [1.29, 1.82) is 0 Å². The fourth-order valence-corrected chi connectivity index (χ4v) is 1.21. The van der Waals surface area contributed by atoms with Gasteiger partial charge in [-0.05, 0) is 38.1 Å². The highest BCUT2D eigenvalue weighted by Gasteiger charge is 2.10. The molecular formula is C13H15FN2O2. The lowest BCUT2D eigenvalue weighted by atomic mass is 10.3. The number of benzene rings is 1. The third-order valence-electron chi connectivity index (χ3n) is 2.05. The SMILES string of the molecule is C=C(C)O/C(C)=C(\N)C(=O)Nc1ccc(F)cc1. The van der Waals surface area contributed by atoms with Crippen LogP contribution in [0.2, 0.25) is 0 Å². The Morgan fingerprint density at radius 2 is 1.89 bits per heavy atom. The zero-order valence-corrected chi connectivity index (χ0v) is 10.3. The summed E-state index contributed by atoms with van der Waals surface area (Å²) in [6.07, 6.45) is 0. The zero-order valence-electron chi connectivity index (χ0n) is 10.3. The number of rotatable bonds is 4. The predicted molar refractivity (Wildman–Crippen MR) is 67.8 cm³/mol. The minimum Gasteiger partial charge on any atom is -0.465 e. The topological polar surface area (TPSA) is 64.3 Å². The van der Waals surface area contributed by atoms with Gasteiger partial charge in [0.2, 0.25) is 0 Å². The van der Waals surface area contributed by atoms with E-state index < -0.39 is 5.91 Å². The van der Waals surface area contributed by atoms with E-state index in [2.05, 4.69) is 11.9 Å². The molecule has 1 amide bonds. The Balaban J connectivity index is 2.76. The summed E-state index contributed by atoms with van der Waals surface area (Å²) in [5.41, 5.74) is 6.01. The lowest BCUT2D eigenvalue weighted by Crippen LogP contribution is -2.22. The van der Waals surface area contributed by atoms with Crippen molar-refractivity contribution in [3.05, 3.63) is 53.9 Å². The third kappa shape index (κ3) is 3.93. The number of nitrogens with one attached hydrogen (secondary N) is 1. The van der Waals surface area contributed by atoms with Crippen molar-refractivity contribution in [1.82, 2.24) is 0 Å². The van der Waals surface area contributed by atoms with Crippen molar-refractivity contribution in [2.75, 3.05) is 5.32 Å². The van der Waals surface area contributed by atoms with Crippen LogP contribution in [0.4, 0.5) is 10.1 Å². The first-order valence-corrected chi connectivity index (χ1v) is 5.26. The second-order valence-corrected chi connectivity index (χ2v) is 3.73. The summed E-state index contributed by atoms with van der Waals surface area (Å²) in [7, 11) is 0. The molecule has 0 spiro atoms. The monoisotopic (exact) mass is 250 g/mol. The van der Waals surface area contributed by atoms with E-state index in [0.29, 0.717) is 11.4 Å². The van der Waals surface area contributed by atoms with Crippen LogP contribution in [-0.2, 0) is 9.53 Å². The van der Waals surface area contributed by atoms with Gasteiger partial charge in [-0.2, -0.15) is 0 Å². The molecule has 1 aromatic carbocycles. The number of amides is 1. The minimum absolute atomic E-state index is 0.0534. The summed E-state index contributed by atoms with van der Waals surface area (Å²) in [4.78, 5) is 11.7. The number of carbonyl (C=O) groups excluding carboxylic acids is 1. The first-order chi connectivity index (χ1) is 8.40. The molecule has 18 heavy (non-hydrogen) atoms. The standard InChI is InChI=1S/C13H15FN2O2/c1-8(2)18-9(3)12(15)13(17)16-11-6-4-10(14)5-7-11/h4-7H,1,15H2,2-3H3,(H,16,17)/b12-9-. The number of hydrogen-bond acceptors (Lipinski definition) is 3. The van der Waals surface area contributed by atoms with Crippen molar-refractivity contribution in [3.63, 3.8) is 0 Å². The second-order valence-electron chi connectivity index (χ2n) is 3.73. The van der Waals surface area contributed by atoms with Gasteiger partial charge in [0.15, 0.2) is 0 Å². The zero-order chi connectivity index (χ0) is 13.7. The smallest absolute Gasteiger partial charge is 0.275 e. The van der Waals surface area contributed by atoms with Crippen LogP contribution in [0.25, 0.3) is 0 Å². The van der Waals surface area contributed by atoms with Crippen LogP contribution in [0.5, 0.6) is 0 Å². The average Bonchev–Trinajstić information content (AvgIpc) is 2.30. The van der Waals surface area contributed by atoms with E-state index >= 15 is 0 Å². The van der Waals surface area contributed by atoms with Crippen LogP contribution in [0.15, 0.2) is 48.1 Å². The van der Waals surface area contributed by atoms with Crippen LogP contribution in [-0.4, -0.2) is 5.91 Å². The molecule has 0 heterocycles. The first-order valence-electron chi connectivity index (χ1n) is 5.26. The minimum atomic E-state index is -0.514. The van der Waals surface area contributed by atoms with Crippen LogP contribution < -0.4 is 11.1 Å². The van der Waals surface area contributed by atoms with Gasteiger partial charge in [0.1, 0.15) is 17.3 Å². The van der Waals surface area contributed by atoms with Crippen molar-refractivity contribution in [2.45, 2.75) is 13.8 Å². The van der Waals surface area contributed by atoms with Gasteiger partial charge in [-0.15, -0.1) is 0 Å². The lowest BCUT2D eigenvalue weighted by Gasteiger charge is -2.09. The van der Waals surface area contributed by atoms with Gasteiger partial charge in [0.05, 0.1) is 5.76 Å². The van der Waals surface area contributed by atoms with E-state index in [9.17, 15) is 9.18 Å². The van der Waals surface area contributed by atoms with E-state index in [1.807, 2.05) is 0 Å². The maximum atomic E-state index is 12.7. The number of nitrogens with two attached hydrogens (primary N) is 1. The van der Waals surface area contributed by atoms with Crippen LogP contribution >= 0.6 is 0 Å². The molecule has 0 radical (unpaired) electrons. The number of halogens is 1. The molecule has 96 valence electrons. The predicted octanol–water partition coefficient (Wildman–Crippen LogP) is 2.50. The molecular weight excluding hydrogens is 235 g/mol. The van der Waals surface area contributed by atoms with Crippen molar-refractivity contribution in [3.8, 4) is 0 Å². The van der Waals surface area contributed by atoms with Gasteiger partial charge in [-0.3, -0.25) is 4.79 Å². The Labute approximate surface area is 105 Å². The molecule has 0 fully saturated rings. The number of ether oxygens (including phenoxy) is 1. The van der Waals surface area contributed by atoms with Gasteiger partial charge < -0.3 is 15.8 Å². The summed E-state index contributed by atoms with van der Waals surface area (Å²) in [6, 6.07) is 5.37.